The summed E-state index contributed by atoms with van der Waals surface area (Å²) in [4.78, 5) is 22.0. The normalized spacial score (nSPS) is 16.1. The Labute approximate surface area is 174 Å². The minimum Gasteiger partial charge on any atom is -0.479 e. The molecule has 0 bridgehead atoms. The number of piperidine rings is 1. The van der Waals surface area contributed by atoms with Gasteiger partial charge in [0.2, 0.25) is 0 Å². The summed E-state index contributed by atoms with van der Waals surface area (Å²) in [5.41, 5.74) is 1.23. The predicted octanol–water partition coefficient (Wildman–Crippen LogP) is 2.24. The first kappa shape index (κ1) is 23.4. The summed E-state index contributed by atoms with van der Waals surface area (Å²) in [7, 11) is 0. The molecule has 9 heteroatoms. The summed E-state index contributed by atoms with van der Waals surface area (Å²) in [6.45, 7) is 5.30. The molecular formula is C21H27NO8. The number of rotatable bonds is 7. The number of likely N-dealkylation sites (tertiary alicyclic amines) is 1. The number of aryl methyl sites for hydroxylation is 1. The number of hydrogen-bond acceptors (Lipinski definition) is 7. The first-order chi connectivity index (χ1) is 14.3. The third-order valence-corrected chi connectivity index (χ3v) is 4.52. The van der Waals surface area contributed by atoms with Crippen LogP contribution < -0.4 is 4.74 Å². The van der Waals surface area contributed by atoms with Crippen molar-refractivity contribution in [3.63, 3.8) is 0 Å². The maximum Gasteiger partial charge on any atom is 0.335 e. The van der Waals surface area contributed by atoms with Gasteiger partial charge in [-0.2, -0.15) is 0 Å². The lowest BCUT2D eigenvalue weighted by Crippen LogP contribution is -2.39. The lowest BCUT2D eigenvalue weighted by molar-refractivity contribution is -0.165. The van der Waals surface area contributed by atoms with Crippen molar-refractivity contribution >= 4 is 11.9 Å². The Balaban J connectivity index is 0.000000274. The van der Waals surface area contributed by atoms with Crippen molar-refractivity contribution in [2.24, 2.45) is 0 Å². The monoisotopic (exact) mass is 421 g/mol. The molecule has 1 saturated heterocycles. The number of furan rings is 1. The second kappa shape index (κ2) is 11.3. The molecule has 30 heavy (non-hydrogen) atoms. The molecule has 2 atom stereocenters. The van der Waals surface area contributed by atoms with Gasteiger partial charge in [-0.1, -0.05) is 24.1 Å². The fourth-order valence-electron chi connectivity index (χ4n) is 2.85. The van der Waals surface area contributed by atoms with E-state index in [0.717, 1.165) is 23.8 Å². The zero-order chi connectivity index (χ0) is 22.1. The van der Waals surface area contributed by atoms with Crippen LogP contribution in [0.3, 0.4) is 0 Å². The number of nitrogens with zero attached hydrogens (tertiary/aromatic N) is 1. The van der Waals surface area contributed by atoms with Crippen LogP contribution in [0.15, 0.2) is 41.0 Å². The van der Waals surface area contributed by atoms with Gasteiger partial charge < -0.3 is 29.6 Å². The number of carboxylic acid groups (broad SMARTS) is 2. The maximum atomic E-state index is 9.77. The Kier molecular flexibility index (Phi) is 8.85. The molecule has 1 aromatic heterocycles. The molecule has 2 heterocycles. The highest BCUT2D eigenvalue weighted by molar-refractivity contribution is 5.83. The van der Waals surface area contributed by atoms with Crippen molar-refractivity contribution in [1.29, 1.82) is 0 Å². The average molecular weight is 421 g/mol. The minimum atomic E-state index is -2.27. The van der Waals surface area contributed by atoms with Crippen molar-refractivity contribution < 1.29 is 39.2 Å². The van der Waals surface area contributed by atoms with E-state index in [9.17, 15) is 9.59 Å². The van der Waals surface area contributed by atoms with E-state index in [1.165, 1.54) is 37.9 Å². The number of aliphatic hydroxyl groups is 2. The fourth-order valence-corrected chi connectivity index (χ4v) is 2.85. The number of hydrogen-bond donors (Lipinski definition) is 4. The molecule has 1 aliphatic rings. The van der Waals surface area contributed by atoms with Gasteiger partial charge >= 0.3 is 11.9 Å². The Morgan fingerprint density at radius 1 is 1.00 bits per heavy atom. The first-order valence-corrected chi connectivity index (χ1v) is 9.62. The molecule has 0 unspecified atom stereocenters. The quantitative estimate of drug-likeness (QED) is 0.530. The van der Waals surface area contributed by atoms with Crippen LogP contribution in [0.25, 0.3) is 0 Å². The van der Waals surface area contributed by atoms with Crippen LogP contribution in [-0.4, -0.2) is 62.6 Å². The number of ether oxygens (including phenoxy) is 1. The van der Waals surface area contributed by atoms with E-state index < -0.39 is 24.1 Å². The summed E-state index contributed by atoms with van der Waals surface area (Å²) < 4.78 is 11.4. The van der Waals surface area contributed by atoms with Gasteiger partial charge in [-0.3, -0.25) is 4.90 Å². The van der Waals surface area contributed by atoms with E-state index in [-0.39, 0.29) is 0 Å². The Morgan fingerprint density at radius 2 is 1.57 bits per heavy atom. The highest BCUT2D eigenvalue weighted by atomic mass is 16.5. The van der Waals surface area contributed by atoms with E-state index in [4.69, 9.17) is 29.6 Å². The third-order valence-electron chi connectivity index (χ3n) is 4.52. The van der Waals surface area contributed by atoms with Gasteiger partial charge in [0.05, 0.1) is 6.54 Å². The van der Waals surface area contributed by atoms with E-state index in [1.54, 1.807) is 6.26 Å². The highest BCUT2D eigenvalue weighted by Crippen LogP contribution is 2.25. The lowest BCUT2D eigenvalue weighted by atomic mass is 10.1. The van der Waals surface area contributed by atoms with Gasteiger partial charge in [0, 0.05) is 6.07 Å². The zero-order valence-electron chi connectivity index (χ0n) is 16.7. The topological polar surface area (TPSA) is 141 Å². The number of aliphatic carboxylic acids is 2. The van der Waals surface area contributed by atoms with E-state index in [0.29, 0.717) is 0 Å². The average Bonchev–Trinajstić information content (AvgIpc) is 3.16. The molecule has 1 aliphatic heterocycles. The number of carbonyl (C=O) groups is 2. The van der Waals surface area contributed by atoms with Crippen LogP contribution in [0.4, 0.5) is 0 Å². The molecule has 2 aromatic rings. The minimum absolute atomic E-state index is 0.779. The lowest BCUT2D eigenvalue weighted by Gasteiger charge is -2.25. The number of carboxylic acids is 2. The Morgan fingerprint density at radius 3 is 2.10 bits per heavy atom. The molecular weight excluding hydrogens is 394 g/mol. The SMILES string of the molecule is Cc1ccc(Oc2coc(CN3CCCCC3)c2)cc1.O=C(O)[C@H](O)[C@@H](O)C(=O)O. The fraction of sp³-hybridized carbons (Fsp3) is 0.429. The smallest absolute Gasteiger partial charge is 0.335 e. The molecule has 4 N–H and O–H groups in total. The Hall–Kier alpha value is -2.88. The summed E-state index contributed by atoms with van der Waals surface area (Å²) in [6, 6.07) is 10.0. The summed E-state index contributed by atoms with van der Waals surface area (Å²) in [6.07, 6.45) is 1.12. The van der Waals surface area contributed by atoms with E-state index in [2.05, 4.69) is 11.8 Å². The van der Waals surface area contributed by atoms with Gasteiger partial charge in [-0.25, -0.2) is 9.59 Å². The van der Waals surface area contributed by atoms with Gasteiger partial charge in [0.1, 0.15) is 17.8 Å². The number of benzene rings is 1. The van der Waals surface area contributed by atoms with Gasteiger partial charge in [0.15, 0.2) is 18.0 Å². The molecule has 0 radical (unpaired) electrons. The van der Waals surface area contributed by atoms with Crippen molar-refractivity contribution in [2.45, 2.75) is 44.9 Å². The highest BCUT2D eigenvalue weighted by Gasteiger charge is 2.29. The third kappa shape index (κ3) is 7.51. The molecule has 0 saturated carbocycles. The molecule has 164 valence electrons. The molecule has 0 spiro atoms. The first-order valence-electron chi connectivity index (χ1n) is 9.62. The van der Waals surface area contributed by atoms with Gasteiger partial charge in [0.25, 0.3) is 0 Å². The molecule has 0 aliphatic carbocycles. The summed E-state index contributed by atoms with van der Waals surface area (Å²) in [5, 5.41) is 32.5. The number of aliphatic hydroxyl groups excluding tert-OH is 2. The van der Waals surface area contributed by atoms with Gasteiger partial charge in [-0.15, -0.1) is 0 Å². The standard InChI is InChI=1S/C17H21NO2.C4H6O6/c1-14-5-7-15(8-6-14)20-17-11-16(19-13-17)12-18-9-3-2-4-10-18;5-1(3(7)8)2(6)4(9)10/h5-8,11,13H,2-4,9-10,12H2,1H3;1-2,5-6H,(H,7,8)(H,9,10)/t;1-,2-/m.1/s1. The van der Waals surface area contributed by atoms with E-state index in [1.807, 2.05) is 30.3 Å². The largest absolute Gasteiger partial charge is 0.479 e. The predicted molar refractivity (Wildman–Crippen MR) is 106 cm³/mol. The van der Waals surface area contributed by atoms with Crippen molar-refractivity contribution in [3.8, 4) is 11.5 Å². The van der Waals surface area contributed by atoms with Gasteiger partial charge in [-0.05, 0) is 45.0 Å². The second-order valence-electron chi connectivity index (χ2n) is 7.07. The maximum absolute atomic E-state index is 9.77. The van der Waals surface area contributed by atoms with Crippen LogP contribution >= 0.6 is 0 Å². The van der Waals surface area contributed by atoms with Crippen LogP contribution in [0, 0.1) is 6.92 Å². The summed E-state index contributed by atoms with van der Waals surface area (Å²) >= 11 is 0. The van der Waals surface area contributed by atoms with Crippen LogP contribution in [0.2, 0.25) is 0 Å². The molecule has 1 fully saturated rings. The van der Waals surface area contributed by atoms with Crippen LogP contribution in [-0.2, 0) is 16.1 Å². The summed E-state index contributed by atoms with van der Waals surface area (Å²) in [5.74, 6) is -0.930. The molecule has 0 amide bonds. The zero-order valence-corrected chi connectivity index (χ0v) is 16.7. The van der Waals surface area contributed by atoms with Crippen molar-refractivity contribution in [1.82, 2.24) is 4.90 Å². The van der Waals surface area contributed by atoms with Crippen LogP contribution in [0.5, 0.6) is 11.5 Å². The van der Waals surface area contributed by atoms with Crippen LogP contribution in [0.1, 0.15) is 30.6 Å². The second-order valence-corrected chi connectivity index (χ2v) is 7.07. The van der Waals surface area contributed by atoms with Crippen molar-refractivity contribution in [3.05, 3.63) is 47.9 Å². The molecule has 1 aromatic carbocycles. The van der Waals surface area contributed by atoms with E-state index >= 15 is 0 Å². The molecule has 9 nitrogen and oxygen atoms in total. The Bertz CT molecular complexity index is 793. The van der Waals surface area contributed by atoms with Crippen molar-refractivity contribution in [2.75, 3.05) is 13.1 Å². The molecule has 3 rings (SSSR count).